The fourth-order valence-electron chi connectivity index (χ4n) is 2.06. The molecule has 2 aromatic rings. The lowest BCUT2D eigenvalue weighted by Gasteiger charge is -2.19. The number of hydrogen-bond donors (Lipinski definition) is 1. The largest absolute Gasteiger partial charge is 0.307 e. The Balaban J connectivity index is 1.76. The standard InChI is InChI=1S/C17H26N2S2/c1-17(2,3)18-12-15-7-8-16(21-15)13-19(4)10-9-14-6-5-11-20-14/h5-8,11,18H,9-10,12-13H2,1-4H3. The molecule has 2 nitrogen and oxygen atoms in total. The van der Waals surface area contributed by atoms with Crippen molar-refractivity contribution in [1.82, 2.24) is 10.2 Å². The van der Waals surface area contributed by atoms with E-state index >= 15 is 0 Å². The molecule has 0 amide bonds. The van der Waals surface area contributed by atoms with Gasteiger partial charge in [0.15, 0.2) is 0 Å². The van der Waals surface area contributed by atoms with Crippen LogP contribution in [0.5, 0.6) is 0 Å². The second-order valence-electron chi connectivity index (χ2n) is 6.54. The van der Waals surface area contributed by atoms with E-state index in [2.05, 4.69) is 67.7 Å². The first kappa shape index (κ1) is 16.7. The van der Waals surface area contributed by atoms with Crippen molar-refractivity contribution in [2.24, 2.45) is 0 Å². The van der Waals surface area contributed by atoms with Crippen molar-refractivity contribution in [2.45, 2.75) is 45.8 Å². The number of likely N-dealkylation sites (N-methyl/N-ethyl adjacent to an activating group) is 1. The maximum Gasteiger partial charge on any atom is 0.0325 e. The van der Waals surface area contributed by atoms with Crippen LogP contribution in [0, 0.1) is 0 Å². The Labute approximate surface area is 136 Å². The summed E-state index contributed by atoms with van der Waals surface area (Å²) in [6, 6.07) is 8.88. The summed E-state index contributed by atoms with van der Waals surface area (Å²) in [6.07, 6.45) is 1.15. The Morgan fingerprint density at radius 1 is 1.10 bits per heavy atom. The third-order valence-corrected chi connectivity index (χ3v) is 5.26. The van der Waals surface area contributed by atoms with E-state index in [0.29, 0.717) is 0 Å². The van der Waals surface area contributed by atoms with Crippen molar-refractivity contribution in [3.05, 3.63) is 44.3 Å². The SMILES string of the molecule is CN(CCc1cccs1)Cc1ccc(CNC(C)(C)C)s1. The highest BCUT2D eigenvalue weighted by Gasteiger charge is 2.10. The highest BCUT2D eigenvalue weighted by molar-refractivity contribution is 7.12. The zero-order chi connectivity index (χ0) is 15.3. The number of nitrogens with zero attached hydrogens (tertiary/aromatic N) is 1. The first-order valence-corrected chi connectivity index (χ1v) is 9.15. The highest BCUT2D eigenvalue weighted by atomic mass is 32.1. The second-order valence-corrected chi connectivity index (χ2v) is 8.82. The van der Waals surface area contributed by atoms with Gasteiger partial charge in [-0.2, -0.15) is 0 Å². The smallest absolute Gasteiger partial charge is 0.0325 e. The predicted molar refractivity (Wildman–Crippen MR) is 95.3 cm³/mol. The normalized spacial score (nSPS) is 12.2. The van der Waals surface area contributed by atoms with Crippen molar-refractivity contribution in [3.8, 4) is 0 Å². The van der Waals surface area contributed by atoms with Gasteiger partial charge in [-0.25, -0.2) is 0 Å². The van der Waals surface area contributed by atoms with E-state index < -0.39 is 0 Å². The summed E-state index contributed by atoms with van der Waals surface area (Å²) in [5.41, 5.74) is 0.182. The Morgan fingerprint density at radius 2 is 1.86 bits per heavy atom. The maximum absolute atomic E-state index is 3.55. The van der Waals surface area contributed by atoms with E-state index in [4.69, 9.17) is 0 Å². The summed E-state index contributed by atoms with van der Waals surface area (Å²) >= 11 is 3.78. The van der Waals surface area contributed by atoms with Crippen LogP contribution >= 0.6 is 22.7 Å². The van der Waals surface area contributed by atoms with Gasteiger partial charge in [0.25, 0.3) is 0 Å². The number of nitrogens with one attached hydrogen (secondary N) is 1. The molecule has 21 heavy (non-hydrogen) atoms. The number of thiophene rings is 2. The first-order chi connectivity index (χ1) is 9.92. The van der Waals surface area contributed by atoms with Crippen LogP contribution in [0.4, 0.5) is 0 Å². The third-order valence-electron chi connectivity index (χ3n) is 3.26. The molecule has 0 radical (unpaired) electrons. The van der Waals surface area contributed by atoms with Crippen LogP contribution in [0.15, 0.2) is 29.6 Å². The average Bonchev–Trinajstić information content (AvgIpc) is 3.04. The van der Waals surface area contributed by atoms with Crippen molar-refractivity contribution < 1.29 is 0 Å². The number of rotatable bonds is 7. The monoisotopic (exact) mass is 322 g/mol. The van der Waals surface area contributed by atoms with Gasteiger partial charge in [-0.05, 0) is 57.8 Å². The molecule has 0 fully saturated rings. The summed E-state index contributed by atoms with van der Waals surface area (Å²) in [5, 5.41) is 5.70. The van der Waals surface area contributed by atoms with Crippen LogP contribution in [0.25, 0.3) is 0 Å². The highest BCUT2D eigenvalue weighted by Crippen LogP contribution is 2.19. The molecule has 0 saturated carbocycles. The van der Waals surface area contributed by atoms with Crippen LogP contribution in [-0.4, -0.2) is 24.0 Å². The van der Waals surface area contributed by atoms with Gasteiger partial charge in [-0.1, -0.05) is 6.07 Å². The molecule has 0 aliphatic carbocycles. The lowest BCUT2D eigenvalue weighted by Crippen LogP contribution is -2.34. The molecule has 1 N–H and O–H groups in total. The molecule has 0 bridgehead atoms. The van der Waals surface area contributed by atoms with Crippen LogP contribution in [0.1, 0.15) is 35.4 Å². The van der Waals surface area contributed by atoms with Crippen LogP contribution < -0.4 is 5.32 Å². The van der Waals surface area contributed by atoms with E-state index in [9.17, 15) is 0 Å². The third kappa shape index (κ3) is 6.30. The molecular weight excluding hydrogens is 296 g/mol. The molecule has 0 aliphatic heterocycles. The van der Waals surface area contributed by atoms with E-state index in [-0.39, 0.29) is 5.54 Å². The molecule has 2 aromatic heterocycles. The molecule has 0 aromatic carbocycles. The Bertz CT molecular complexity index is 523. The van der Waals surface area contributed by atoms with Crippen LogP contribution in [-0.2, 0) is 19.5 Å². The summed E-state index contributed by atoms with van der Waals surface area (Å²) < 4.78 is 0. The molecule has 2 rings (SSSR count). The Kier molecular flexibility index (Phi) is 5.99. The van der Waals surface area contributed by atoms with E-state index in [0.717, 1.165) is 26.1 Å². The average molecular weight is 323 g/mol. The van der Waals surface area contributed by atoms with E-state index in [1.165, 1.54) is 14.6 Å². The van der Waals surface area contributed by atoms with Crippen molar-refractivity contribution >= 4 is 22.7 Å². The topological polar surface area (TPSA) is 15.3 Å². The fourth-order valence-corrected chi connectivity index (χ4v) is 3.79. The summed E-state index contributed by atoms with van der Waals surface area (Å²) in [5.74, 6) is 0. The molecule has 4 heteroatoms. The minimum atomic E-state index is 0.182. The zero-order valence-electron chi connectivity index (χ0n) is 13.5. The Morgan fingerprint density at radius 3 is 2.52 bits per heavy atom. The van der Waals surface area contributed by atoms with Crippen LogP contribution in [0.2, 0.25) is 0 Å². The minimum absolute atomic E-state index is 0.182. The van der Waals surface area contributed by atoms with Gasteiger partial charge in [-0.3, -0.25) is 0 Å². The van der Waals surface area contributed by atoms with Gasteiger partial charge in [0.05, 0.1) is 0 Å². The molecule has 2 heterocycles. The van der Waals surface area contributed by atoms with Gasteiger partial charge in [0.1, 0.15) is 0 Å². The van der Waals surface area contributed by atoms with Gasteiger partial charge in [-0.15, -0.1) is 22.7 Å². The summed E-state index contributed by atoms with van der Waals surface area (Å²) in [4.78, 5) is 6.76. The van der Waals surface area contributed by atoms with Gasteiger partial charge < -0.3 is 10.2 Å². The van der Waals surface area contributed by atoms with E-state index in [1.807, 2.05) is 22.7 Å². The molecule has 0 aliphatic rings. The lowest BCUT2D eigenvalue weighted by molar-refractivity contribution is 0.335. The Hall–Kier alpha value is -0.680. The van der Waals surface area contributed by atoms with Gasteiger partial charge in [0.2, 0.25) is 0 Å². The zero-order valence-corrected chi connectivity index (χ0v) is 15.1. The quantitative estimate of drug-likeness (QED) is 0.814. The fraction of sp³-hybridized carbons (Fsp3) is 0.529. The summed E-state index contributed by atoms with van der Waals surface area (Å²) in [6.45, 7) is 9.76. The first-order valence-electron chi connectivity index (χ1n) is 7.46. The lowest BCUT2D eigenvalue weighted by atomic mass is 10.1. The van der Waals surface area contributed by atoms with Gasteiger partial charge >= 0.3 is 0 Å². The molecule has 116 valence electrons. The number of hydrogen-bond acceptors (Lipinski definition) is 4. The van der Waals surface area contributed by atoms with Crippen molar-refractivity contribution in [3.63, 3.8) is 0 Å². The molecule has 0 unspecified atom stereocenters. The maximum atomic E-state index is 3.55. The minimum Gasteiger partial charge on any atom is -0.307 e. The molecular formula is C17H26N2S2. The molecule has 0 atom stereocenters. The second kappa shape index (κ2) is 7.54. The van der Waals surface area contributed by atoms with E-state index in [1.54, 1.807) is 0 Å². The van der Waals surface area contributed by atoms with Crippen molar-refractivity contribution in [2.75, 3.05) is 13.6 Å². The van der Waals surface area contributed by atoms with Crippen LogP contribution in [0.3, 0.4) is 0 Å². The molecule has 0 saturated heterocycles. The predicted octanol–water partition coefficient (Wildman–Crippen LogP) is 4.37. The van der Waals surface area contributed by atoms with Crippen molar-refractivity contribution in [1.29, 1.82) is 0 Å². The van der Waals surface area contributed by atoms with Gasteiger partial charge in [0, 0.05) is 39.8 Å². The molecule has 0 spiro atoms. The summed E-state index contributed by atoms with van der Waals surface area (Å²) in [7, 11) is 2.21.